The van der Waals surface area contributed by atoms with Crippen LogP contribution in [0.5, 0.6) is 11.5 Å². The lowest BCUT2D eigenvalue weighted by atomic mass is 10.2. The second-order valence-electron chi connectivity index (χ2n) is 7.16. The van der Waals surface area contributed by atoms with Crippen molar-refractivity contribution in [3.63, 3.8) is 0 Å². The zero-order chi connectivity index (χ0) is 19.3. The largest absolute Gasteiger partial charge is 0.456 e. The molecule has 1 aromatic heterocycles. The molecule has 2 heterocycles. The maximum atomic E-state index is 12.5. The van der Waals surface area contributed by atoms with E-state index in [-0.39, 0.29) is 5.91 Å². The monoisotopic (exact) mass is 373 g/mol. The van der Waals surface area contributed by atoms with Crippen LogP contribution in [0.3, 0.4) is 0 Å². The summed E-state index contributed by atoms with van der Waals surface area (Å²) in [6.45, 7) is 4.47. The van der Waals surface area contributed by atoms with E-state index in [1.165, 1.54) is 12.1 Å². The van der Waals surface area contributed by atoms with Crippen molar-refractivity contribution in [2.24, 2.45) is 5.92 Å². The highest BCUT2D eigenvalue weighted by Crippen LogP contribution is 2.25. The number of aromatic nitrogens is 1. The average Bonchev–Trinajstić information content (AvgIpc) is 3.16. The van der Waals surface area contributed by atoms with Crippen molar-refractivity contribution in [2.45, 2.75) is 13.3 Å². The maximum absolute atomic E-state index is 12.5. The molecule has 2 aromatic carbocycles. The van der Waals surface area contributed by atoms with Crippen LogP contribution in [-0.4, -0.2) is 24.0 Å². The van der Waals surface area contributed by atoms with Crippen LogP contribution in [0.25, 0.3) is 0 Å². The van der Waals surface area contributed by atoms with Crippen LogP contribution >= 0.6 is 0 Å². The van der Waals surface area contributed by atoms with Crippen molar-refractivity contribution in [2.75, 3.05) is 23.3 Å². The van der Waals surface area contributed by atoms with Crippen LogP contribution in [0, 0.1) is 5.92 Å². The van der Waals surface area contributed by atoms with Crippen LogP contribution in [0.4, 0.5) is 11.4 Å². The zero-order valence-electron chi connectivity index (χ0n) is 15.8. The van der Waals surface area contributed by atoms with Gasteiger partial charge in [0.05, 0.1) is 6.20 Å². The summed E-state index contributed by atoms with van der Waals surface area (Å²) in [5.74, 6) is 1.92. The molecule has 0 bridgehead atoms. The van der Waals surface area contributed by atoms with Crippen molar-refractivity contribution in [1.29, 1.82) is 0 Å². The van der Waals surface area contributed by atoms with Gasteiger partial charge < -0.3 is 15.0 Å². The van der Waals surface area contributed by atoms with E-state index in [1.54, 1.807) is 36.7 Å². The summed E-state index contributed by atoms with van der Waals surface area (Å²) in [6.07, 6.45) is 4.57. The fourth-order valence-electron chi connectivity index (χ4n) is 3.35. The number of carbonyl (C=O) groups excluding carboxylic acids is 1. The van der Waals surface area contributed by atoms with Crippen LogP contribution in [0.2, 0.25) is 0 Å². The number of ether oxygens (including phenoxy) is 1. The Morgan fingerprint density at radius 3 is 2.50 bits per heavy atom. The number of hydrogen-bond acceptors (Lipinski definition) is 4. The molecule has 1 unspecified atom stereocenters. The average molecular weight is 373 g/mol. The Morgan fingerprint density at radius 1 is 1.07 bits per heavy atom. The van der Waals surface area contributed by atoms with Crippen LogP contribution < -0.4 is 15.0 Å². The highest BCUT2D eigenvalue weighted by atomic mass is 16.5. The Kier molecular flexibility index (Phi) is 5.24. The van der Waals surface area contributed by atoms with Gasteiger partial charge in [-0.2, -0.15) is 0 Å². The summed E-state index contributed by atoms with van der Waals surface area (Å²) in [4.78, 5) is 18.9. The predicted molar refractivity (Wildman–Crippen MR) is 111 cm³/mol. The first-order valence-electron chi connectivity index (χ1n) is 9.52. The minimum atomic E-state index is -0.143. The van der Waals surface area contributed by atoms with Gasteiger partial charge in [0.15, 0.2) is 0 Å². The molecule has 0 radical (unpaired) electrons. The number of anilines is 2. The molecular formula is C23H23N3O2. The predicted octanol–water partition coefficient (Wildman–Crippen LogP) is 4.97. The number of carbonyl (C=O) groups is 1. The van der Waals surface area contributed by atoms with Gasteiger partial charge >= 0.3 is 0 Å². The van der Waals surface area contributed by atoms with E-state index in [2.05, 4.69) is 34.3 Å². The number of nitrogens with one attached hydrogen (secondary N) is 1. The number of benzene rings is 2. The second kappa shape index (κ2) is 8.13. The van der Waals surface area contributed by atoms with Gasteiger partial charge in [0.1, 0.15) is 11.5 Å². The molecule has 4 rings (SSSR count). The van der Waals surface area contributed by atoms with E-state index in [4.69, 9.17) is 4.74 Å². The third kappa shape index (κ3) is 4.31. The summed E-state index contributed by atoms with van der Waals surface area (Å²) in [5, 5.41) is 2.95. The quantitative estimate of drug-likeness (QED) is 0.686. The first-order chi connectivity index (χ1) is 13.7. The second-order valence-corrected chi connectivity index (χ2v) is 7.16. The van der Waals surface area contributed by atoms with Gasteiger partial charge in [0.25, 0.3) is 5.91 Å². The van der Waals surface area contributed by atoms with Gasteiger partial charge in [-0.05, 0) is 73.0 Å². The van der Waals surface area contributed by atoms with E-state index in [0.717, 1.165) is 24.7 Å². The molecule has 1 atom stereocenters. The van der Waals surface area contributed by atoms with E-state index < -0.39 is 0 Å². The smallest absolute Gasteiger partial charge is 0.255 e. The van der Waals surface area contributed by atoms with Crippen molar-refractivity contribution >= 4 is 17.3 Å². The van der Waals surface area contributed by atoms with E-state index in [9.17, 15) is 4.79 Å². The SMILES string of the molecule is CC1CCN(c2ccc(NC(=O)c3ccc(Oc4cccnc4)cc3)cc2)C1. The summed E-state index contributed by atoms with van der Waals surface area (Å²) < 4.78 is 5.70. The molecule has 1 N–H and O–H groups in total. The molecule has 1 aliphatic rings. The first kappa shape index (κ1) is 18.0. The Morgan fingerprint density at radius 2 is 1.86 bits per heavy atom. The van der Waals surface area contributed by atoms with Crippen LogP contribution in [0.15, 0.2) is 73.1 Å². The Bertz CT molecular complexity index is 924. The molecule has 5 heteroatoms. The van der Waals surface area contributed by atoms with E-state index in [0.29, 0.717) is 17.1 Å². The van der Waals surface area contributed by atoms with Gasteiger partial charge in [0.2, 0.25) is 0 Å². The molecule has 5 nitrogen and oxygen atoms in total. The standard InChI is InChI=1S/C23H23N3O2/c1-17-12-14-26(16-17)20-8-6-19(7-9-20)25-23(27)18-4-10-21(11-5-18)28-22-3-2-13-24-15-22/h2-11,13,15,17H,12,14,16H2,1H3,(H,25,27). The minimum Gasteiger partial charge on any atom is -0.456 e. The van der Waals surface area contributed by atoms with E-state index >= 15 is 0 Å². The third-order valence-corrected chi connectivity index (χ3v) is 4.90. The van der Waals surface area contributed by atoms with Crippen LogP contribution in [-0.2, 0) is 0 Å². The topological polar surface area (TPSA) is 54.5 Å². The highest BCUT2D eigenvalue weighted by Gasteiger charge is 2.18. The molecule has 1 aliphatic heterocycles. The normalized spacial score (nSPS) is 16.0. The molecular weight excluding hydrogens is 350 g/mol. The van der Waals surface area contributed by atoms with Gasteiger partial charge in [-0.25, -0.2) is 0 Å². The van der Waals surface area contributed by atoms with Gasteiger partial charge in [-0.3, -0.25) is 9.78 Å². The molecule has 28 heavy (non-hydrogen) atoms. The van der Waals surface area contributed by atoms with Crippen LogP contribution in [0.1, 0.15) is 23.7 Å². The fourth-order valence-corrected chi connectivity index (χ4v) is 3.35. The summed E-state index contributed by atoms with van der Waals surface area (Å²) in [6, 6.07) is 18.7. The zero-order valence-corrected chi connectivity index (χ0v) is 15.8. The Labute approximate surface area is 165 Å². The Balaban J connectivity index is 1.36. The lowest BCUT2D eigenvalue weighted by Gasteiger charge is -2.18. The van der Waals surface area contributed by atoms with Gasteiger partial charge in [-0.1, -0.05) is 6.92 Å². The van der Waals surface area contributed by atoms with Gasteiger partial charge in [0, 0.05) is 36.2 Å². The van der Waals surface area contributed by atoms with Crippen molar-refractivity contribution < 1.29 is 9.53 Å². The fraction of sp³-hybridized carbons (Fsp3) is 0.217. The Hall–Kier alpha value is -3.34. The minimum absolute atomic E-state index is 0.143. The summed E-state index contributed by atoms with van der Waals surface area (Å²) in [5.41, 5.74) is 2.58. The van der Waals surface area contributed by atoms with Crippen molar-refractivity contribution in [3.05, 3.63) is 78.6 Å². The van der Waals surface area contributed by atoms with Crippen molar-refractivity contribution in [3.8, 4) is 11.5 Å². The van der Waals surface area contributed by atoms with Gasteiger partial charge in [-0.15, -0.1) is 0 Å². The number of hydrogen-bond donors (Lipinski definition) is 1. The van der Waals surface area contributed by atoms with E-state index in [1.807, 2.05) is 24.3 Å². The molecule has 3 aromatic rings. The number of nitrogens with zero attached hydrogens (tertiary/aromatic N) is 2. The van der Waals surface area contributed by atoms with Crippen molar-refractivity contribution in [1.82, 2.24) is 4.98 Å². The molecule has 0 aliphatic carbocycles. The third-order valence-electron chi connectivity index (χ3n) is 4.90. The molecule has 142 valence electrons. The number of amides is 1. The molecule has 1 fully saturated rings. The molecule has 1 saturated heterocycles. The highest BCUT2D eigenvalue weighted by molar-refractivity contribution is 6.04. The molecule has 0 saturated carbocycles. The first-order valence-corrected chi connectivity index (χ1v) is 9.52. The number of pyridine rings is 1. The molecule has 0 spiro atoms. The lowest BCUT2D eigenvalue weighted by Crippen LogP contribution is -2.19. The lowest BCUT2D eigenvalue weighted by molar-refractivity contribution is 0.102. The maximum Gasteiger partial charge on any atom is 0.255 e. The summed E-state index contributed by atoms with van der Waals surface area (Å²) >= 11 is 0. The summed E-state index contributed by atoms with van der Waals surface area (Å²) in [7, 11) is 0. The number of rotatable bonds is 5. The molecule has 1 amide bonds.